The number of fused-ring (bicyclic) bond motifs is 1. The van der Waals surface area contributed by atoms with Crippen molar-refractivity contribution in [2.45, 2.75) is 48.3 Å². The van der Waals surface area contributed by atoms with Gasteiger partial charge in [0.2, 0.25) is 20.9 Å². The predicted octanol–water partition coefficient (Wildman–Crippen LogP) is 0.502. The molecule has 1 saturated carbocycles. The molecular formula is C19H21N3O8S2. The molecule has 1 atom stereocenters. The Kier molecular flexibility index (Phi) is 5.61. The lowest BCUT2D eigenvalue weighted by atomic mass is 10.1. The summed E-state index contributed by atoms with van der Waals surface area (Å²) >= 11 is 0. The highest BCUT2D eigenvalue weighted by Gasteiger charge is 2.33. The van der Waals surface area contributed by atoms with Gasteiger partial charge in [-0.1, -0.05) is 0 Å². The number of nitrogens with zero attached hydrogens (tertiary/aromatic N) is 1. The second-order valence-corrected chi connectivity index (χ2v) is 10.9. The number of anilines is 1. The van der Waals surface area contributed by atoms with Gasteiger partial charge in [0.05, 0.1) is 4.90 Å². The van der Waals surface area contributed by atoms with E-state index in [-0.39, 0.29) is 22.7 Å². The molecule has 2 aliphatic rings. The molecular weight excluding hydrogens is 462 g/mol. The van der Waals surface area contributed by atoms with Crippen molar-refractivity contribution >= 4 is 37.6 Å². The number of carbonyl (C=O) groups is 2. The van der Waals surface area contributed by atoms with E-state index in [1.165, 1.54) is 23.1 Å². The van der Waals surface area contributed by atoms with Crippen LogP contribution in [0, 0.1) is 0 Å². The van der Waals surface area contributed by atoms with E-state index in [0.717, 1.165) is 25.0 Å². The Morgan fingerprint density at radius 3 is 2.56 bits per heavy atom. The monoisotopic (exact) mass is 483 g/mol. The average molecular weight is 484 g/mol. The summed E-state index contributed by atoms with van der Waals surface area (Å²) in [4.78, 5) is 26.3. The third kappa shape index (κ3) is 4.55. The second kappa shape index (κ2) is 7.99. The number of furan rings is 1. The van der Waals surface area contributed by atoms with E-state index in [1.54, 1.807) is 6.92 Å². The zero-order valence-corrected chi connectivity index (χ0v) is 18.6. The molecule has 1 amide bonds. The second-order valence-electron chi connectivity index (χ2n) is 7.74. The van der Waals surface area contributed by atoms with Gasteiger partial charge in [-0.05, 0) is 62.1 Å². The van der Waals surface area contributed by atoms with Crippen molar-refractivity contribution in [3.8, 4) is 0 Å². The van der Waals surface area contributed by atoms with Crippen LogP contribution in [-0.4, -0.2) is 47.4 Å². The standard InChI is InChI=1S/C19H21N3O8S2/c1-11-8-12-9-14(31(20,25)26)4-5-15(12)22(11)17(23)10-29-19(24)16-6-7-18(30-16)32(27,28)21-13-2-3-13/h4-7,9,11,13,21H,2-3,8,10H2,1H3,(H2,20,25,26). The molecule has 0 bridgehead atoms. The summed E-state index contributed by atoms with van der Waals surface area (Å²) in [6.07, 6.45) is 1.91. The number of rotatable bonds is 7. The summed E-state index contributed by atoms with van der Waals surface area (Å²) in [6.45, 7) is 1.16. The fraction of sp³-hybridized carbons (Fsp3) is 0.368. The van der Waals surface area contributed by atoms with E-state index >= 15 is 0 Å². The van der Waals surface area contributed by atoms with Crippen molar-refractivity contribution < 1.29 is 35.6 Å². The summed E-state index contributed by atoms with van der Waals surface area (Å²) in [5.41, 5.74) is 1.14. The van der Waals surface area contributed by atoms with Crippen molar-refractivity contribution in [1.82, 2.24) is 4.72 Å². The first-order valence-corrected chi connectivity index (χ1v) is 12.8. The Morgan fingerprint density at radius 2 is 1.91 bits per heavy atom. The number of ether oxygens (including phenoxy) is 1. The Bertz CT molecular complexity index is 1300. The Balaban J connectivity index is 1.42. The molecule has 0 spiro atoms. The Morgan fingerprint density at radius 1 is 1.19 bits per heavy atom. The van der Waals surface area contributed by atoms with Crippen LogP contribution in [-0.2, 0) is 36.0 Å². The largest absolute Gasteiger partial charge is 0.450 e. The minimum Gasteiger partial charge on any atom is -0.450 e. The van der Waals surface area contributed by atoms with Crippen molar-refractivity contribution in [1.29, 1.82) is 0 Å². The third-order valence-corrected chi connectivity index (χ3v) is 7.44. The van der Waals surface area contributed by atoms with Crippen LogP contribution in [0.5, 0.6) is 0 Å². The first-order valence-electron chi connectivity index (χ1n) is 9.73. The van der Waals surface area contributed by atoms with Crippen LogP contribution in [0.3, 0.4) is 0 Å². The summed E-state index contributed by atoms with van der Waals surface area (Å²) in [6, 6.07) is 6.10. The van der Waals surface area contributed by atoms with Gasteiger partial charge >= 0.3 is 5.97 Å². The highest BCUT2D eigenvalue weighted by atomic mass is 32.2. The molecule has 1 aliphatic heterocycles. The van der Waals surface area contributed by atoms with Crippen molar-refractivity contribution in [3.63, 3.8) is 0 Å². The lowest BCUT2D eigenvalue weighted by molar-refractivity contribution is -0.122. The molecule has 172 valence electrons. The number of carbonyl (C=O) groups excluding carboxylic acids is 2. The lowest BCUT2D eigenvalue weighted by Gasteiger charge is -2.22. The topological polar surface area (TPSA) is 166 Å². The van der Waals surface area contributed by atoms with Gasteiger partial charge < -0.3 is 14.1 Å². The minimum atomic E-state index is -3.87. The quantitative estimate of drug-likeness (QED) is 0.537. The van der Waals surface area contributed by atoms with Crippen LogP contribution in [0.4, 0.5) is 5.69 Å². The molecule has 2 heterocycles. The number of primary sulfonamides is 1. The van der Waals surface area contributed by atoms with Gasteiger partial charge in [-0.25, -0.2) is 31.5 Å². The van der Waals surface area contributed by atoms with Gasteiger partial charge in [-0.3, -0.25) is 4.79 Å². The van der Waals surface area contributed by atoms with E-state index < -0.39 is 43.6 Å². The maximum absolute atomic E-state index is 12.7. The fourth-order valence-corrected chi connectivity index (χ4v) is 5.29. The Labute approximate surface area is 184 Å². The summed E-state index contributed by atoms with van der Waals surface area (Å²) in [7, 11) is -7.73. The molecule has 1 aromatic heterocycles. The number of nitrogens with one attached hydrogen (secondary N) is 1. The smallest absolute Gasteiger partial charge is 0.374 e. The molecule has 4 rings (SSSR count). The molecule has 1 aliphatic carbocycles. The number of hydrogen-bond acceptors (Lipinski definition) is 8. The first-order chi connectivity index (χ1) is 15.0. The molecule has 0 saturated heterocycles. The molecule has 0 radical (unpaired) electrons. The van der Waals surface area contributed by atoms with Gasteiger partial charge in [-0.15, -0.1) is 0 Å². The van der Waals surface area contributed by atoms with Crippen LogP contribution in [0.15, 0.2) is 44.7 Å². The zero-order chi connectivity index (χ0) is 23.3. The zero-order valence-electron chi connectivity index (χ0n) is 17.0. The molecule has 1 aromatic carbocycles. The van der Waals surface area contributed by atoms with E-state index in [0.29, 0.717) is 17.7 Å². The van der Waals surface area contributed by atoms with Crippen LogP contribution >= 0.6 is 0 Å². The third-order valence-electron chi connectivity index (χ3n) is 5.14. The van der Waals surface area contributed by atoms with Gasteiger partial charge in [0.15, 0.2) is 6.61 Å². The Hall–Kier alpha value is -2.74. The van der Waals surface area contributed by atoms with E-state index in [4.69, 9.17) is 14.3 Å². The lowest BCUT2D eigenvalue weighted by Crippen LogP contribution is -2.38. The van der Waals surface area contributed by atoms with E-state index in [9.17, 15) is 26.4 Å². The van der Waals surface area contributed by atoms with Crippen LogP contribution < -0.4 is 14.8 Å². The average Bonchev–Trinajstić information content (AvgIpc) is 3.24. The number of hydrogen-bond donors (Lipinski definition) is 2. The maximum atomic E-state index is 12.7. The van der Waals surface area contributed by atoms with Crippen LogP contribution in [0.1, 0.15) is 35.9 Å². The maximum Gasteiger partial charge on any atom is 0.374 e. The molecule has 2 aromatic rings. The number of benzene rings is 1. The first kappa shape index (κ1) is 22.5. The summed E-state index contributed by atoms with van der Waals surface area (Å²) in [5, 5.41) is 4.75. The van der Waals surface area contributed by atoms with E-state index in [1.807, 2.05) is 0 Å². The number of sulfonamides is 2. The minimum absolute atomic E-state index is 0.0519. The highest BCUT2D eigenvalue weighted by molar-refractivity contribution is 7.89. The van der Waals surface area contributed by atoms with Crippen molar-refractivity contribution in [2.75, 3.05) is 11.5 Å². The van der Waals surface area contributed by atoms with Crippen molar-refractivity contribution in [2.24, 2.45) is 5.14 Å². The number of nitrogens with two attached hydrogens (primary N) is 1. The van der Waals surface area contributed by atoms with E-state index in [2.05, 4.69) is 4.72 Å². The van der Waals surface area contributed by atoms with Gasteiger partial charge in [-0.2, -0.15) is 0 Å². The number of esters is 1. The van der Waals surface area contributed by atoms with Crippen molar-refractivity contribution in [3.05, 3.63) is 41.7 Å². The molecule has 1 fully saturated rings. The number of amides is 1. The van der Waals surface area contributed by atoms with Gasteiger partial charge in [0.1, 0.15) is 0 Å². The normalized spacial score (nSPS) is 18.4. The fourth-order valence-electron chi connectivity index (χ4n) is 3.49. The molecule has 13 heteroatoms. The van der Waals surface area contributed by atoms with Gasteiger partial charge in [0, 0.05) is 17.8 Å². The predicted molar refractivity (Wildman–Crippen MR) is 111 cm³/mol. The van der Waals surface area contributed by atoms with Gasteiger partial charge in [0.25, 0.3) is 15.9 Å². The summed E-state index contributed by atoms with van der Waals surface area (Å²) < 4.78 is 59.9. The SMILES string of the molecule is CC1Cc2cc(S(N)(=O)=O)ccc2N1C(=O)COC(=O)c1ccc(S(=O)(=O)NC2CC2)o1. The van der Waals surface area contributed by atoms with Crippen LogP contribution in [0.25, 0.3) is 0 Å². The van der Waals surface area contributed by atoms with Crippen LogP contribution in [0.2, 0.25) is 0 Å². The molecule has 1 unspecified atom stereocenters. The summed E-state index contributed by atoms with van der Waals surface area (Å²) in [5.74, 6) is -1.85. The highest BCUT2D eigenvalue weighted by Crippen LogP contribution is 2.33. The molecule has 11 nitrogen and oxygen atoms in total. The molecule has 32 heavy (non-hydrogen) atoms. The molecule has 3 N–H and O–H groups in total.